The van der Waals surface area contributed by atoms with E-state index in [1.165, 1.54) is 4.90 Å². The van der Waals surface area contributed by atoms with Crippen molar-refractivity contribution >= 4 is 34.8 Å². The van der Waals surface area contributed by atoms with Gasteiger partial charge in [0.2, 0.25) is 5.91 Å². The number of hydrogen-bond donors (Lipinski definition) is 0. The Labute approximate surface area is 93.4 Å². The Morgan fingerprint density at radius 2 is 2.00 bits per heavy atom. The maximum Gasteiger partial charge on any atom is 0.246 e. The van der Waals surface area contributed by atoms with Gasteiger partial charge >= 0.3 is 0 Å². The maximum absolute atomic E-state index is 11.6. The predicted octanol–water partition coefficient (Wildman–Crippen LogP) is 2.50. The van der Waals surface area contributed by atoms with E-state index in [0.29, 0.717) is 0 Å². The van der Waals surface area contributed by atoms with Crippen LogP contribution in [-0.2, 0) is 4.79 Å². The summed E-state index contributed by atoms with van der Waals surface area (Å²) in [5, 5.41) is -0.665. The quantitative estimate of drug-likeness (QED) is 0.733. The second-order valence-corrected chi connectivity index (χ2v) is 3.69. The molecule has 0 aliphatic carbocycles. The lowest BCUT2D eigenvalue weighted by Crippen LogP contribution is -2.34. The Kier molecular flexibility index (Phi) is 4.23. The van der Waals surface area contributed by atoms with E-state index in [2.05, 4.69) is 0 Å². The molecular weight excluding hydrogens is 221 g/mol. The first-order valence-corrected chi connectivity index (χ1v) is 5.16. The molecule has 1 atom stereocenters. The van der Waals surface area contributed by atoms with Crippen LogP contribution in [0.15, 0.2) is 30.3 Å². The minimum absolute atomic E-state index is 0.123. The fraction of sp³-hybridized carbons (Fsp3) is 0.300. The summed E-state index contributed by atoms with van der Waals surface area (Å²) in [5.74, 6) is -0.0646. The van der Waals surface area contributed by atoms with Crippen LogP contribution in [0.1, 0.15) is 0 Å². The summed E-state index contributed by atoms with van der Waals surface area (Å²) in [4.78, 5) is 13.1. The van der Waals surface area contributed by atoms with Crippen LogP contribution in [0.25, 0.3) is 0 Å². The average molecular weight is 232 g/mol. The van der Waals surface area contributed by atoms with E-state index in [1.807, 2.05) is 30.3 Å². The molecular formula is C10H11Cl2NO. The number of carbonyl (C=O) groups excluding carboxylic acids is 1. The van der Waals surface area contributed by atoms with E-state index in [9.17, 15) is 4.79 Å². The van der Waals surface area contributed by atoms with Crippen LogP contribution < -0.4 is 4.90 Å². The minimum Gasteiger partial charge on any atom is -0.314 e. The Balaban J connectivity index is 2.76. The molecule has 2 nitrogen and oxygen atoms in total. The summed E-state index contributed by atoms with van der Waals surface area (Å²) in [7, 11) is 1.68. The van der Waals surface area contributed by atoms with E-state index in [4.69, 9.17) is 23.2 Å². The Bertz CT molecular complexity index is 302. The zero-order chi connectivity index (χ0) is 10.6. The molecule has 0 saturated heterocycles. The Morgan fingerprint density at radius 3 is 2.50 bits per heavy atom. The number of rotatable bonds is 3. The highest BCUT2D eigenvalue weighted by Gasteiger charge is 2.19. The number of para-hydroxylation sites is 1. The molecule has 0 aromatic heterocycles. The number of anilines is 1. The number of nitrogens with zero attached hydrogens (tertiary/aromatic N) is 1. The molecule has 0 bridgehead atoms. The summed E-state index contributed by atoms with van der Waals surface area (Å²) >= 11 is 11.2. The molecule has 1 aromatic carbocycles. The summed E-state index contributed by atoms with van der Waals surface area (Å²) in [6.07, 6.45) is 0. The molecule has 0 N–H and O–H groups in total. The van der Waals surface area contributed by atoms with Crippen LogP contribution in [0.5, 0.6) is 0 Å². The molecule has 1 amide bonds. The first-order chi connectivity index (χ1) is 6.66. The molecule has 0 aliphatic rings. The normalized spacial score (nSPS) is 12.2. The van der Waals surface area contributed by atoms with Crippen molar-refractivity contribution in [3.8, 4) is 0 Å². The summed E-state index contributed by atoms with van der Waals surface area (Å²) in [6.45, 7) is 0. The smallest absolute Gasteiger partial charge is 0.246 e. The van der Waals surface area contributed by atoms with Gasteiger partial charge in [-0.25, -0.2) is 0 Å². The first-order valence-electron chi connectivity index (χ1n) is 4.19. The second-order valence-electron chi connectivity index (χ2n) is 2.85. The van der Waals surface area contributed by atoms with E-state index in [1.54, 1.807) is 7.05 Å². The molecule has 0 heterocycles. The topological polar surface area (TPSA) is 20.3 Å². The van der Waals surface area contributed by atoms with Crippen molar-refractivity contribution in [2.24, 2.45) is 0 Å². The highest BCUT2D eigenvalue weighted by Crippen LogP contribution is 2.14. The van der Waals surface area contributed by atoms with Crippen LogP contribution in [0, 0.1) is 0 Å². The van der Waals surface area contributed by atoms with E-state index >= 15 is 0 Å². The average Bonchev–Trinajstić information content (AvgIpc) is 2.27. The van der Waals surface area contributed by atoms with Crippen LogP contribution >= 0.6 is 23.2 Å². The van der Waals surface area contributed by atoms with E-state index in [-0.39, 0.29) is 11.8 Å². The second kappa shape index (κ2) is 5.23. The van der Waals surface area contributed by atoms with Crippen LogP contribution in [0.3, 0.4) is 0 Å². The van der Waals surface area contributed by atoms with Crippen molar-refractivity contribution in [1.82, 2.24) is 0 Å². The van der Waals surface area contributed by atoms with Crippen LogP contribution in [0.2, 0.25) is 0 Å². The highest BCUT2D eigenvalue weighted by molar-refractivity contribution is 6.37. The van der Waals surface area contributed by atoms with Gasteiger partial charge in [-0.2, -0.15) is 0 Å². The number of benzene rings is 1. The van der Waals surface area contributed by atoms with Crippen molar-refractivity contribution < 1.29 is 4.79 Å². The van der Waals surface area contributed by atoms with Gasteiger partial charge in [-0.3, -0.25) is 4.79 Å². The monoisotopic (exact) mass is 231 g/mol. The fourth-order valence-electron chi connectivity index (χ4n) is 1.05. The van der Waals surface area contributed by atoms with E-state index < -0.39 is 5.38 Å². The number of alkyl halides is 2. The lowest BCUT2D eigenvalue weighted by Gasteiger charge is -2.19. The molecule has 0 spiro atoms. The third-order valence-corrected chi connectivity index (χ3v) is 2.69. The SMILES string of the molecule is CN(C(=O)C(Cl)CCl)c1ccccc1. The molecule has 0 saturated carbocycles. The van der Waals surface area contributed by atoms with Crippen molar-refractivity contribution in [3.05, 3.63) is 30.3 Å². The van der Waals surface area contributed by atoms with Gasteiger partial charge in [-0.1, -0.05) is 18.2 Å². The van der Waals surface area contributed by atoms with Gasteiger partial charge in [0.25, 0.3) is 0 Å². The lowest BCUT2D eigenvalue weighted by atomic mass is 10.3. The molecule has 0 fully saturated rings. The number of amides is 1. The molecule has 0 aliphatic heterocycles. The van der Waals surface area contributed by atoms with Gasteiger partial charge < -0.3 is 4.90 Å². The largest absolute Gasteiger partial charge is 0.314 e. The molecule has 1 rings (SSSR count). The van der Waals surface area contributed by atoms with Crippen LogP contribution in [0.4, 0.5) is 5.69 Å². The maximum atomic E-state index is 11.6. The molecule has 14 heavy (non-hydrogen) atoms. The molecule has 1 unspecified atom stereocenters. The van der Waals surface area contributed by atoms with Gasteiger partial charge in [0, 0.05) is 18.6 Å². The number of carbonyl (C=O) groups is 1. The third-order valence-electron chi connectivity index (χ3n) is 1.88. The zero-order valence-electron chi connectivity index (χ0n) is 7.78. The van der Waals surface area contributed by atoms with Crippen molar-refractivity contribution in [2.45, 2.75) is 5.38 Å². The van der Waals surface area contributed by atoms with Gasteiger partial charge in [0.15, 0.2) is 0 Å². The van der Waals surface area contributed by atoms with Crippen molar-refractivity contribution in [1.29, 1.82) is 0 Å². The standard InChI is InChI=1S/C10H11Cl2NO/c1-13(10(14)9(12)7-11)8-5-3-2-4-6-8/h2-6,9H,7H2,1H3. The molecule has 0 radical (unpaired) electrons. The Morgan fingerprint density at radius 1 is 1.43 bits per heavy atom. The van der Waals surface area contributed by atoms with Gasteiger partial charge in [-0.05, 0) is 12.1 Å². The minimum atomic E-state index is -0.665. The lowest BCUT2D eigenvalue weighted by molar-refractivity contribution is -0.117. The zero-order valence-corrected chi connectivity index (χ0v) is 9.29. The van der Waals surface area contributed by atoms with Crippen molar-refractivity contribution in [2.75, 3.05) is 17.8 Å². The Hall–Kier alpha value is -0.730. The first kappa shape index (κ1) is 11.3. The third kappa shape index (κ3) is 2.63. The van der Waals surface area contributed by atoms with E-state index in [0.717, 1.165) is 5.69 Å². The summed E-state index contributed by atoms with van der Waals surface area (Å²) < 4.78 is 0. The predicted molar refractivity (Wildman–Crippen MR) is 60.2 cm³/mol. The summed E-state index contributed by atoms with van der Waals surface area (Å²) in [5.41, 5.74) is 0.813. The molecule has 4 heteroatoms. The molecule has 1 aromatic rings. The summed E-state index contributed by atoms with van der Waals surface area (Å²) in [6, 6.07) is 9.30. The highest BCUT2D eigenvalue weighted by atomic mass is 35.5. The number of hydrogen-bond acceptors (Lipinski definition) is 1. The van der Waals surface area contributed by atoms with Gasteiger partial charge in [-0.15, -0.1) is 23.2 Å². The van der Waals surface area contributed by atoms with Crippen LogP contribution in [-0.4, -0.2) is 24.2 Å². The van der Waals surface area contributed by atoms with Gasteiger partial charge in [0.05, 0.1) is 0 Å². The fourth-order valence-corrected chi connectivity index (χ4v) is 1.33. The molecule has 76 valence electrons. The van der Waals surface area contributed by atoms with Crippen molar-refractivity contribution in [3.63, 3.8) is 0 Å². The van der Waals surface area contributed by atoms with Gasteiger partial charge in [0.1, 0.15) is 5.38 Å². The number of halogens is 2.